The molecule has 0 aromatic carbocycles. The van der Waals surface area contributed by atoms with E-state index in [1.165, 1.54) is 6.92 Å². The minimum Gasteiger partial charge on any atom is -1.00 e. The Hall–Kier alpha value is -0.330. The molecule has 0 bridgehead atoms. The standard InChI is InChI=1S/C7H10F3NO2.ClH/c1-4(12)6-2-5(3-11-6)13-7(8,9)10;/h5-6,11H,2-3H2,1H3;1H/t5-,6+;/m1./s1. The minimum absolute atomic E-state index is 0. The van der Waals surface area contributed by atoms with E-state index in [2.05, 4.69) is 4.74 Å². The average Bonchev–Trinajstić information content (AvgIpc) is 2.31. The number of hydrogen-bond donors (Lipinski definition) is 1. The zero-order valence-corrected chi connectivity index (χ0v) is 8.23. The van der Waals surface area contributed by atoms with Crippen LogP contribution in [0, 0.1) is 0 Å². The SMILES string of the molecule is CC(=O)[C@@H]1C[C@@H](OC(F)(F)F)C[NH2+]1.[Cl-]. The largest absolute Gasteiger partial charge is 1.00 e. The lowest BCUT2D eigenvalue weighted by molar-refractivity contribution is -0.660. The van der Waals surface area contributed by atoms with Gasteiger partial charge < -0.3 is 17.7 Å². The van der Waals surface area contributed by atoms with Crippen LogP contribution in [-0.4, -0.2) is 30.8 Å². The quantitative estimate of drug-likeness (QED) is 0.547. The summed E-state index contributed by atoms with van der Waals surface area (Å²) in [6.45, 7) is 1.57. The number of quaternary nitrogens is 1. The van der Waals surface area contributed by atoms with Gasteiger partial charge in [-0.15, -0.1) is 13.2 Å². The second-order valence-corrected chi connectivity index (χ2v) is 3.11. The van der Waals surface area contributed by atoms with Crippen LogP contribution in [0.4, 0.5) is 13.2 Å². The van der Waals surface area contributed by atoms with E-state index in [0.717, 1.165) is 0 Å². The van der Waals surface area contributed by atoms with Crippen molar-refractivity contribution in [2.75, 3.05) is 6.54 Å². The van der Waals surface area contributed by atoms with Gasteiger partial charge in [0.15, 0.2) is 5.78 Å². The zero-order chi connectivity index (χ0) is 10.1. The summed E-state index contributed by atoms with van der Waals surface area (Å²) in [5.41, 5.74) is 0. The number of carbonyl (C=O) groups excluding carboxylic acids is 1. The van der Waals surface area contributed by atoms with E-state index in [0.29, 0.717) is 0 Å². The molecule has 0 saturated carbocycles. The van der Waals surface area contributed by atoms with E-state index in [1.54, 1.807) is 5.32 Å². The maximum Gasteiger partial charge on any atom is 0.522 e. The Bertz CT molecular complexity index is 210. The number of alkyl halides is 3. The van der Waals surface area contributed by atoms with Gasteiger partial charge in [0.2, 0.25) is 0 Å². The van der Waals surface area contributed by atoms with Gasteiger partial charge in [-0.2, -0.15) is 0 Å². The van der Waals surface area contributed by atoms with Crippen molar-refractivity contribution >= 4 is 5.78 Å². The number of Topliss-reactive ketones (excluding diaryl/α,β-unsaturated/α-hetero) is 1. The molecule has 1 fully saturated rings. The Morgan fingerprint density at radius 2 is 2.07 bits per heavy atom. The molecule has 0 aromatic rings. The molecule has 1 aliphatic heterocycles. The third-order valence-corrected chi connectivity index (χ3v) is 2.02. The van der Waals surface area contributed by atoms with Crippen LogP contribution in [0.25, 0.3) is 0 Å². The van der Waals surface area contributed by atoms with Crippen LogP contribution in [0.3, 0.4) is 0 Å². The van der Waals surface area contributed by atoms with E-state index in [1.807, 2.05) is 0 Å². The average molecular weight is 234 g/mol. The highest BCUT2D eigenvalue weighted by molar-refractivity contribution is 5.80. The fourth-order valence-corrected chi connectivity index (χ4v) is 1.41. The van der Waals surface area contributed by atoms with Crippen LogP contribution in [0.15, 0.2) is 0 Å². The summed E-state index contributed by atoms with van der Waals surface area (Å²) in [5, 5.41) is 1.58. The number of ketones is 1. The highest BCUT2D eigenvalue weighted by atomic mass is 35.5. The summed E-state index contributed by atoms with van der Waals surface area (Å²) in [6, 6.07) is -0.368. The third-order valence-electron chi connectivity index (χ3n) is 2.02. The van der Waals surface area contributed by atoms with Crippen LogP contribution < -0.4 is 17.7 Å². The van der Waals surface area contributed by atoms with Gasteiger partial charge in [-0.3, -0.25) is 9.53 Å². The summed E-state index contributed by atoms with van der Waals surface area (Å²) in [6.07, 6.45) is -5.33. The second-order valence-electron chi connectivity index (χ2n) is 3.11. The number of rotatable bonds is 2. The molecule has 1 aliphatic rings. The maximum atomic E-state index is 11.7. The van der Waals surface area contributed by atoms with E-state index < -0.39 is 12.5 Å². The van der Waals surface area contributed by atoms with Crippen LogP contribution in [0.2, 0.25) is 0 Å². The van der Waals surface area contributed by atoms with Gasteiger partial charge in [0, 0.05) is 13.3 Å². The molecule has 0 aliphatic carbocycles. The van der Waals surface area contributed by atoms with Gasteiger partial charge in [-0.25, -0.2) is 0 Å². The van der Waals surface area contributed by atoms with E-state index in [4.69, 9.17) is 0 Å². The molecule has 14 heavy (non-hydrogen) atoms. The first kappa shape index (κ1) is 13.7. The molecule has 0 amide bonds. The van der Waals surface area contributed by atoms with Crippen molar-refractivity contribution in [2.24, 2.45) is 0 Å². The molecule has 1 rings (SSSR count). The molecule has 2 N–H and O–H groups in total. The summed E-state index contributed by atoms with van der Waals surface area (Å²) in [7, 11) is 0. The fourth-order valence-electron chi connectivity index (χ4n) is 1.41. The van der Waals surface area contributed by atoms with Crippen molar-refractivity contribution in [2.45, 2.75) is 31.9 Å². The molecule has 1 heterocycles. The van der Waals surface area contributed by atoms with Gasteiger partial charge in [-0.05, 0) is 0 Å². The first-order chi connectivity index (χ1) is 5.88. The summed E-state index contributed by atoms with van der Waals surface area (Å²) in [4.78, 5) is 10.8. The van der Waals surface area contributed by atoms with Crippen molar-refractivity contribution in [3.63, 3.8) is 0 Å². The molecule has 7 heteroatoms. The highest BCUT2D eigenvalue weighted by Gasteiger charge is 2.40. The lowest BCUT2D eigenvalue weighted by Gasteiger charge is -2.10. The van der Waals surface area contributed by atoms with Crippen molar-refractivity contribution in [1.82, 2.24) is 0 Å². The second kappa shape index (κ2) is 4.95. The Morgan fingerprint density at radius 1 is 1.50 bits per heavy atom. The Labute approximate surface area is 85.4 Å². The number of halogens is 4. The van der Waals surface area contributed by atoms with Gasteiger partial charge in [0.25, 0.3) is 0 Å². The van der Waals surface area contributed by atoms with Crippen molar-refractivity contribution in [3.8, 4) is 0 Å². The lowest BCUT2D eigenvalue weighted by Crippen LogP contribution is -3.00. The molecule has 84 valence electrons. The molecule has 0 aromatic heterocycles. The van der Waals surface area contributed by atoms with Gasteiger partial charge in [-0.1, -0.05) is 0 Å². The van der Waals surface area contributed by atoms with Crippen LogP contribution in [0.5, 0.6) is 0 Å². The monoisotopic (exact) mass is 233 g/mol. The topological polar surface area (TPSA) is 42.9 Å². The Morgan fingerprint density at radius 3 is 2.43 bits per heavy atom. The predicted molar refractivity (Wildman–Crippen MR) is 36.8 cm³/mol. The molecule has 0 radical (unpaired) electrons. The predicted octanol–water partition coefficient (Wildman–Crippen LogP) is -3.18. The number of carbonyl (C=O) groups is 1. The third kappa shape index (κ3) is 4.26. The van der Waals surface area contributed by atoms with Gasteiger partial charge >= 0.3 is 6.36 Å². The Balaban J connectivity index is 0.00000169. The first-order valence-corrected chi connectivity index (χ1v) is 3.97. The summed E-state index contributed by atoms with van der Waals surface area (Å²) >= 11 is 0. The van der Waals surface area contributed by atoms with E-state index in [9.17, 15) is 18.0 Å². The number of nitrogens with two attached hydrogens (primary N) is 1. The van der Waals surface area contributed by atoms with E-state index in [-0.39, 0.29) is 37.2 Å². The molecule has 0 unspecified atom stereocenters. The summed E-state index contributed by atoms with van der Waals surface area (Å²) in [5.74, 6) is -0.103. The molecule has 0 spiro atoms. The molecule has 1 saturated heterocycles. The molecule has 2 atom stereocenters. The van der Waals surface area contributed by atoms with Crippen LogP contribution in [0.1, 0.15) is 13.3 Å². The van der Waals surface area contributed by atoms with Crippen LogP contribution >= 0.6 is 0 Å². The molecular formula is C7H11ClF3NO2. The van der Waals surface area contributed by atoms with Crippen molar-refractivity contribution < 1.29 is 40.4 Å². The normalized spacial score (nSPS) is 27.1. The zero-order valence-electron chi connectivity index (χ0n) is 7.47. The fraction of sp³-hybridized carbons (Fsp3) is 0.857. The van der Waals surface area contributed by atoms with Crippen molar-refractivity contribution in [1.29, 1.82) is 0 Å². The number of ether oxygens (including phenoxy) is 1. The van der Waals surface area contributed by atoms with Gasteiger partial charge in [0.1, 0.15) is 18.7 Å². The minimum atomic E-state index is -4.59. The van der Waals surface area contributed by atoms with Crippen molar-refractivity contribution in [3.05, 3.63) is 0 Å². The van der Waals surface area contributed by atoms with Gasteiger partial charge in [0.05, 0.1) is 0 Å². The van der Waals surface area contributed by atoms with E-state index >= 15 is 0 Å². The molecular weight excluding hydrogens is 223 g/mol. The summed E-state index contributed by atoms with van der Waals surface area (Å²) < 4.78 is 38.9. The smallest absolute Gasteiger partial charge is 0.522 e. The van der Waals surface area contributed by atoms with Crippen LogP contribution in [-0.2, 0) is 9.53 Å². The maximum absolute atomic E-state index is 11.7. The first-order valence-electron chi connectivity index (χ1n) is 3.97. The lowest BCUT2D eigenvalue weighted by atomic mass is 10.1. The highest BCUT2D eigenvalue weighted by Crippen LogP contribution is 2.21. The number of hydrogen-bond acceptors (Lipinski definition) is 2. The molecule has 3 nitrogen and oxygen atoms in total. The Kier molecular flexibility index (Phi) is 4.83.